The quantitative estimate of drug-likeness (QED) is 0.494. The minimum absolute atomic E-state index is 0.0714. The monoisotopic (exact) mass is 410 g/mol. The molecule has 0 amide bonds. The zero-order valence-corrected chi connectivity index (χ0v) is 17.6. The molecule has 1 aliphatic heterocycles. The van der Waals surface area contributed by atoms with Gasteiger partial charge >= 0.3 is 11.9 Å². The highest BCUT2D eigenvalue weighted by molar-refractivity contribution is 5.99. The highest BCUT2D eigenvalue weighted by Crippen LogP contribution is 2.44. The van der Waals surface area contributed by atoms with Gasteiger partial charge < -0.3 is 19.3 Å². The van der Waals surface area contributed by atoms with Crippen LogP contribution in [-0.2, 0) is 33.4 Å². The van der Waals surface area contributed by atoms with Gasteiger partial charge in [0.25, 0.3) is 0 Å². The fraction of sp³-hybridized carbons (Fsp3) is 0.714. The van der Waals surface area contributed by atoms with E-state index in [0.29, 0.717) is 6.42 Å². The first kappa shape index (κ1) is 23.2. The van der Waals surface area contributed by atoms with E-state index in [2.05, 4.69) is 6.58 Å². The predicted octanol–water partition coefficient (Wildman–Crippen LogP) is 1.38. The minimum atomic E-state index is -2.35. The molecule has 1 heterocycles. The van der Waals surface area contributed by atoms with Crippen LogP contribution in [-0.4, -0.2) is 59.6 Å². The van der Waals surface area contributed by atoms with Gasteiger partial charge in [0.1, 0.15) is 11.9 Å². The Hall–Kier alpha value is -2.06. The molecule has 7 atom stereocenters. The van der Waals surface area contributed by atoms with Crippen LogP contribution in [0.5, 0.6) is 0 Å². The van der Waals surface area contributed by atoms with E-state index in [1.165, 1.54) is 14.0 Å². The van der Waals surface area contributed by atoms with Crippen molar-refractivity contribution in [1.29, 1.82) is 0 Å². The van der Waals surface area contributed by atoms with Crippen molar-refractivity contribution in [3.63, 3.8) is 0 Å². The molecule has 0 aromatic carbocycles. The first-order chi connectivity index (χ1) is 13.5. The molecule has 8 nitrogen and oxygen atoms in total. The molecule has 0 aromatic heterocycles. The Balaban J connectivity index is 2.56. The number of rotatable bonds is 7. The van der Waals surface area contributed by atoms with Crippen molar-refractivity contribution in [3.8, 4) is 0 Å². The van der Waals surface area contributed by atoms with Crippen LogP contribution >= 0.6 is 0 Å². The molecule has 0 bridgehead atoms. The molecule has 0 aromatic rings. The van der Waals surface area contributed by atoms with E-state index in [9.17, 15) is 24.3 Å². The number of carbonyl (C=O) groups excluding carboxylic acids is 4. The van der Waals surface area contributed by atoms with Crippen LogP contribution in [0.3, 0.4) is 0 Å². The molecule has 2 aliphatic rings. The molecule has 2 rings (SSSR count). The topological polar surface area (TPSA) is 116 Å². The van der Waals surface area contributed by atoms with Crippen molar-refractivity contribution in [2.45, 2.75) is 70.9 Å². The van der Waals surface area contributed by atoms with Gasteiger partial charge in [-0.05, 0) is 13.3 Å². The van der Waals surface area contributed by atoms with Crippen molar-refractivity contribution in [2.75, 3.05) is 7.11 Å². The van der Waals surface area contributed by atoms with Crippen LogP contribution in [0.1, 0.15) is 47.0 Å². The summed E-state index contributed by atoms with van der Waals surface area (Å²) in [5, 5.41) is 11.6. The Morgan fingerprint density at radius 3 is 2.52 bits per heavy atom. The summed E-state index contributed by atoms with van der Waals surface area (Å²) < 4.78 is 16.0. The minimum Gasteiger partial charge on any atom is -0.455 e. The third-order valence-electron chi connectivity index (χ3n) is 6.23. The number of aliphatic hydroxyl groups is 1. The van der Waals surface area contributed by atoms with Crippen molar-refractivity contribution >= 4 is 23.5 Å². The Morgan fingerprint density at radius 1 is 1.34 bits per heavy atom. The second-order valence-electron chi connectivity index (χ2n) is 8.06. The summed E-state index contributed by atoms with van der Waals surface area (Å²) in [4.78, 5) is 50.6. The van der Waals surface area contributed by atoms with Crippen LogP contribution in [0.2, 0.25) is 0 Å². The molecule has 162 valence electrons. The van der Waals surface area contributed by atoms with E-state index in [0.717, 1.165) is 0 Å². The van der Waals surface area contributed by atoms with Crippen molar-refractivity contribution in [2.24, 2.45) is 17.8 Å². The van der Waals surface area contributed by atoms with E-state index in [4.69, 9.17) is 14.2 Å². The Labute approximate surface area is 170 Å². The van der Waals surface area contributed by atoms with Gasteiger partial charge in [0.05, 0.1) is 17.9 Å². The standard InChI is InChI=1S/C21H30O8/c1-7-10(2)19(24)29-18-17-14(12(4)20(25)28-17)9-15(22)13(5)21(18,26)16(23)8-11(3)27-6/h10-11,13-14,17-18,26H,4,7-9H2,1-3,5-6H3/t10-,11+,13+,14+,17-,18+,21-/m1/s1. The molecular weight excluding hydrogens is 380 g/mol. The van der Waals surface area contributed by atoms with Gasteiger partial charge in [0.2, 0.25) is 0 Å². The van der Waals surface area contributed by atoms with Gasteiger partial charge in [-0.15, -0.1) is 0 Å². The molecule has 0 unspecified atom stereocenters. The Kier molecular flexibility index (Phi) is 7.01. The molecule has 1 N–H and O–H groups in total. The molecule has 1 aliphatic carbocycles. The van der Waals surface area contributed by atoms with Gasteiger partial charge in [0, 0.05) is 31.4 Å². The number of esters is 2. The van der Waals surface area contributed by atoms with Crippen LogP contribution in [0.4, 0.5) is 0 Å². The Morgan fingerprint density at radius 2 is 1.97 bits per heavy atom. The lowest BCUT2D eigenvalue weighted by Gasteiger charge is -2.39. The third kappa shape index (κ3) is 4.14. The predicted molar refractivity (Wildman–Crippen MR) is 102 cm³/mol. The average Bonchev–Trinajstić information content (AvgIpc) is 2.93. The lowest BCUT2D eigenvalue weighted by molar-refractivity contribution is -0.199. The maximum absolute atomic E-state index is 13.1. The summed E-state index contributed by atoms with van der Waals surface area (Å²) in [6.07, 6.45) is -3.07. The summed E-state index contributed by atoms with van der Waals surface area (Å²) in [6.45, 7) is 10.2. The second kappa shape index (κ2) is 8.75. The fourth-order valence-corrected chi connectivity index (χ4v) is 3.75. The summed E-state index contributed by atoms with van der Waals surface area (Å²) in [5.41, 5.74) is -2.28. The zero-order valence-electron chi connectivity index (χ0n) is 17.6. The average molecular weight is 410 g/mol. The first-order valence-corrected chi connectivity index (χ1v) is 9.90. The van der Waals surface area contributed by atoms with Crippen LogP contribution in [0.25, 0.3) is 0 Å². The van der Waals surface area contributed by atoms with Crippen molar-refractivity contribution < 1.29 is 38.5 Å². The number of fused-ring (bicyclic) bond motifs is 1. The van der Waals surface area contributed by atoms with Crippen LogP contribution < -0.4 is 0 Å². The van der Waals surface area contributed by atoms with Gasteiger partial charge in [0.15, 0.2) is 17.5 Å². The van der Waals surface area contributed by atoms with E-state index in [-0.39, 0.29) is 18.4 Å². The largest absolute Gasteiger partial charge is 0.455 e. The third-order valence-corrected chi connectivity index (χ3v) is 6.23. The van der Waals surface area contributed by atoms with Gasteiger partial charge in [-0.25, -0.2) is 4.79 Å². The maximum atomic E-state index is 13.1. The number of methoxy groups -OCH3 is 1. The number of ether oxygens (including phenoxy) is 3. The van der Waals surface area contributed by atoms with Gasteiger partial charge in [-0.1, -0.05) is 27.4 Å². The van der Waals surface area contributed by atoms with E-state index in [1.54, 1.807) is 20.8 Å². The molecule has 1 saturated carbocycles. The molecule has 0 radical (unpaired) electrons. The molecule has 29 heavy (non-hydrogen) atoms. The van der Waals surface area contributed by atoms with Crippen LogP contribution in [0.15, 0.2) is 12.2 Å². The van der Waals surface area contributed by atoms with E-state index in [1.807, 2.05) is 0 Å². The molecule has 1 saturated heterocycles. The summed E-state index contributed by atoms with van der Waals surface area (Å²) >= 11 is 0. The van der Waals surface area contributed by atoms with Crippen LogP contribution in [0, 0.1) is 17.8 Å². The number of Topliss-reactive ketones (excluding diaryl/α,β-unsaturated/α-hetero) is 2. The lowest BCUT2D eigenvalue weighted by Crippen LogP contribution is -2.61. The van der Waals surface area contributed by atoms with Gasteiger partial charge in [-0.2, -0.15) is 0 Å². The lowest BCUT2D eigenvalue weighted by atomic mass is 9.76. The number of ketones is 2. The van der Waals surface area contributed by atoms with Crippen molar-refractivity contribution in [3.05, 3.63) is 12.2 Å². The summed E-state index contributed by atoms with van der Waals surface area (Å²) in [5.74, 6) is -4.93. The number of hydrogen-bond acceptors (Lipinski definition) is 8. The fourth-order valence-electron chi connectivity index (χ4n) is 3.75. The van der Waals surface area contributed by atoms with E-state index >= 15 is 0 Å². The SMILES string of the molecule is C=C1C(=O)O[C@@H]2[C@H]1CC(=O)[C@H](C)[C@@](O)(C(=O)C[C@H](C)OC)[C@H]2OC(=O)[C@H](C)CC. The zero-order chi connectivity index (χ0) is 22.1. The maximum Gasteiger partial charge on any atom is 0.334 e. The molecule has 2 fully saturated rings. The smallest absolute Gasteiger partial charge is 0.334 e. The number of hydrogen-bond donors (Lipinski definition) is 1. The summed E-state index contributed by atoms with van der Waals surface area (Å²) in [7, 11) is 1.42. The highest BCUT2D eigenvalue weighted by Gasteiger charge is 2.63. The second-order valence-corrected chi connectivity index (χ2v) is 8.06. The van der Waals surface area contributed by atoms with Crippen molar-refractivity contribution in [1.82, 2.24) is 0 Å². The number of carbonyl (C=O) groups is 4. The van der Waals surface area contributed by atoms with E-state index < -0.39 is 65.2 Å². The Bertz CT molecular complexity index is 713. The normalized spacial score (nSPS) is 34.1. The molecule has 8 heteroatoms. The first-order valence-electron chi connectivity index (χ1n) is 9.90. The highest BCUT2D eigenvalue weighted by atomic mass is 16.6. The molecule has 0 spiro atoms. The van der Waals surface area contributed by atoms with Gasteiger partial charge in [-0.3, -0.25) is 14.4 Å². The summed E-state index contributed by atoms with van der Waals surface area (Å²) in [6, 6.07) is 0. The molecular formula is C21H30O8.